The molecule has 4 aliphatic carbocycles. The van der Waals surface area contributed by atoms with Crippen molar-refractivity contribution in [2.75, 3.05) is 6.61 Å². The molecule has 250 valence electrons. The van der Waals surface area contributed by atoms with Crippen molar-refractivity contribution in [1.82, 2.24) is 0 Å². The third kappa shape index (κ3) is 8.07. The molecule has 0 aliphatic heterocycles. The number of hydrogen-bond acceptors (Lipinski definition) is 5. The van der Waals surface area contributed by atoms with Gasteiger partial charge in [0.05, 0.1) is 0 Å². The number of unbranched alkanes of at least 4 members (excludes halogenated alkanes) is 14. The zero-order valence-electron chi connectivity index (χ0n) is 28.6. The average Bonchev–Trinajstić information content (AvgIpc) is 3.29. The molecule has 0 heterocycles. The fraction of sp³-hybridized carbons (Fsp3) is 0.872. The van der Waals surface area contributed by atoms with E-state index in [1.807, 2.05) is 6.08 Å². The molecule has 0 radical (unpaired) electrons. The number of ether oxygens (including phenoxy) is 1. The van der Waals surface area contributed by atoms with E-state index in [-0.39, 0.29) is 29.6 Å². The predicted octanol–water partition coefficient (Wildman–Crippen LogP) is 9.62. The lowest BCUT2D eigenvalue weighted by Gasteiger charge is -2.58. The first-order valence-corrected chi connectivity index (χ1v) is 18.8. The van der Waals surface area contributed by atoms with Gasteiger partial charge < -0.3 is 9.84 Å². The SMILES string of the molecule is CCCCCCCCCCCCCCCCCC(=O)OCC(=O)[C@]1(O)CC[C@@H]2[C@H]3CCC4=CC(=O)CC[C@@]4(C)[C@@H]3CC[C@@]21C. The molecule has 0 aromatic heterocycles. The van der Waals surface area contributed by atoms with Gasteiger partial charge in [0.25, 0.3) is 0 Å². The minimum Gasteiger partial charge on any atom is -0.458 e. The average molecular weight is 613 g/mol. The summed E-state index contributed by atoms with van der Waals surface area (Å²) in [6.45, 7) is 6.44. The zero-order chi connectivity index (χ0) is 31.6. The fourth-order valence-corrected chi connectivity index (χ4v) is 10.0. The number of esters is 1. The van der Waals surface area contributed by atoms with Gasteiger partial charge in [-0.3, -0.25) is 14.4 Å². The first-order valence-electron chi connectivity index (χ1n) is 18.8. The molecule has 3 fully saturated rings. The smallest absolute Gasteiger partial charge is 0.306 e. The number of allylic oxidation sites excluding steroid dienone is 1. The standard InChI is InChI=1S/C39H64O5/c1-4-5-6-7-8-9-10-11-12-13-14-15-16-17-18-19-36(42)44-29-35(41)39(43)27-24-34-32-21-20-30-28-31(40)22-25-37(30,2)33(32)23-26-38(34,39)3/h28,32-34,43H,4-27,29H2,1-3H3/t32-,33+,34+,37+,38-,39+/m0/s1. The van der Waals surface area contributed by atoms with Crippen LogP contribution in [0.1, 0.15) is 175 Å². The highest BCUT2D eigenvalue weighted by Gasteiger charge is 2.66. The Bertz CT molecular complexity index is 1000. The van der Waals surface area contributed by atoms with E-state index in [4.69, 9.17) is 4.74 Å². The van der Waals surface area contributed by atoms with Crippen molar-refractivity contribution < 1.29 is 24.2 Å². The fourth-order valence-electron chi connectivity index (χ4n) is 10.0. The van der Waals surface area contributed by atoms with Crippen LogP contribution in [0, 0.1) is 28.6 Å². The molecule has 0 aromatic carbocycles. The van der Waals surface area contributed by atoms with E-state index in [0.29, 0.717) is 37.0 Å². The number of rotatable bonds is 19. The van der Waals surface area contributed by atoms with Gasteiger partial charge in [-0.1, -0.05) is 116 Å². The van der Waals surface area contributed by atoms with E-state index in [9.17, 15) is 19.5 Å². The van der Waals surface area contributed by atoms with Crippen molar-refractivity contribution in [2.24, 2.45) is 28.6 Å². The largest absolute Gasteiger partial charge is 0.458 e. The van der Waals surface area contributed by atoms with Gasteiger partial charge in [-0.05, 0) is 80.6 Å². The van der Waals surface area contributed by atoms with Gasteiger partial charge in [0.2, 0.25) is 5.78 Å². The Morgan fingerprint density at radius 2 is 1.34 bits per heavy atom. The van der Waals surface area contributed by atoms with Crippen molar-refractivity contribution in [3.05, 3.63) is 11.6 Å². The number of carbonyl (C=O) groups is 3. The van der Waals surface area contributed by atoms with Crippen molar-refractivity contribution in [3.8, 4) is 0 Å². The third-order valence-electron chi connectivity index (χ3n) is 12.9. The number of Topliss-reactive ketones (excluding diaryl/α,β-unsaturated/α-hetero) is 1. The second-order valence-electron chi connectivity index (χ2n) is 15.6. The summed E-state index contributed by atoms with van der Waals surface area (Å²) in [4.78, 5) is 38.0. The lowest BCUT2D eigenvalue weighted by molar-refractivity contribution is -0.170. The maximum atomic E-state index is 13.5. The molecule has 0 amide bonds. The van der Waals surface area contributed by atoms with E-state index in [0.717, 1.165) is 57.8 Å². The van der Waals surface area contributed by atoms with E-state index in [1.54, 1.807) is 0 Å². The topological polar surface area (TPSA) is 80.7 Å². The van der Waals surface area contributed by atoms with Crippen LogP contribution in [-0.4, -0.2) is 34.9 Å². The van der Waals surface area contributed by atoms with Crippen LogP contribution in [0.5, 0.6) is 0 Å². The van der Waals surface area contributed by atoms with Crippen LogP contribution < -0.4 is 0 Å². The summed E-state index contributed by atoms with van der Waals surface area (Å²) in [5, 5.41) is 11.9. The Labute approximate surface area is 268 Å². The van der Waals surface area contributed by atoms with E-state index >= 15 is 0 Å². The highest BCUT2D eigenvalue weighted by Crippen LogP contribution is 2.67. The van der Waals surface area contributed by atoms with Gasteiger partial charge in [-0.2, -0.15) is 0 Å². The van der Waals surface area contributed by atoms with Crippen molar-refractivity contribution >= 4 is 17.5 Å². The molecule has 0 saturated heterocycles. The van der Waals surface area contributed by atoms with Crippen LogP contribution in [-0.2, 0) is 19.1 Å². The molecule has 1 N–H and O–H groups in total. The van der Waals surface area contributed by atoms with E-state index in [1.165, 1.54) is 82.6 Å². The summed E-state index contributed by atoms with van der Waals surface area (Å²) in [6.07, 6.45) is 28.2. The molecule has 5 nitrogen and oxygen atoms in total. The van der Waals surface area contributed by atoms with Gasteiger partial charge >= 0.3 is 5.97 Å². The van der Waals surface area contributed by atoms with Gasteiger partial charge in [-0.25, -0.2) is 0 Å². The summed E-state index contributed by atoms with van der Waals surface area (Å²) in [5.41, 5.74) is -0.486. The Kier molecular flexibility index (Phi) is 13.2. The molecule has 6 atom stereocenters. The summed E-state index contributed by atoms with van der Waals surface area (Å²) < 4.78 is 5.44. The molecule has 0 unspecified atom stereocenters. The Morgan fingerprint density at radius 3 is 1.95 bits per heavy atom. The molecule has 0 aromatic rings. The molecule has 0 bridgehead atoms. The van der Waals surface area contributed by atoms with Gasteiger partial charge in [-0.15, -0.1) is 0 Å². The first-order chi connectivity index (χ1) is 21.2. The summed E-state index contributed by atoms with van der Waals surface area (Å²) in [6, 6.07) is 0. The summed E-state index contributed by atoms with van der Waals surface area (Å²) >= 11 is 0. The maximum Gasteiger partial charge on any atom is 0.306 e. The quantitative estimate of drug-likeness (QED) is 0.116. The summed E-state index contributed by atoms with van der Waals surface area (Å²) in [7, 11) is 0. The number of aliphatic hydroxyl groups is 1. The minimum absolute atomic E-state index is 0.0748. The number of hydrogen-bond donors (Lipinski definition) is 1. The predicted molar refractivity (Wildman–Crippen MR) is 177 cm³/mol. The molecule has 4 aliphatic rings. The molecule has 44 heavy (non-hydrogen) atoms. The van der Waals surface area contributed by atoms with Crippen molar-refractivity contribution in [3.63, 3.8) is 0 Å². The highest BCUT2D eigenvalue weighted by molar-refractivity contribution is 5.92. The lowest BCUT2D eigenvalue weighted by Crippen LogP contribution is -2.58. The molecule has 4 rings (SSSR count). The number of ketones is 2. The highest BCUT2D eigenvalue weighted by atomic mass is 16.5. The zero-order valence-corrected chi connectivity index (χ0v) is 28.6. The van der Waals surface area contributed by atoms with Crippen molar-refractivity contribution in [1.29, 1.82) is 0 Å². The Balaban J connectivity index is 1.10. The van der Waals surface area contributed by atoms with Gasteiger partial charge in [0, 0.05) is 18.3 Å². The monoisotopic (exact) mass is 612 g/mol. The maximum absolute atomic E-state index is 13.5. The first kappa shape index (κ1) is 35.4. The van der Waals surface area contributed by atoms with Crippen LogP contribution in [0.4, 0.5) is 0 Å². The lowest BCUT2D eigenvalue weighted by atomic mass is 9.46. The van der Waals surface area contributed by atoms with Gasteiger partial charge in [0.1, 0.15) is 5.60 Å². The molecular formula is C39H64O5. The molecule has 0 spiro atoms. The van der Waals surface area contributed by atoms with E-state index < -0.39 is 11.0 Å². The molecular weight excluding hydrogens is 548 g/mol. The number of carbonyl (C=O) groups excluding carboxylic acids is 3. The third-order valence-corrected chi connectivity index (χ3v) is 12.9. The van der Waals surface area contributed by atoms with Crippen LogP contribution in [0.15, 0.2) is 11.6 Å². The van der Waals surface area contributed by atoms with Crippen LogP contribution >= 0.6 is 0 Å². The Hall–Kier alpha value is -1.49. The normalized spacial score (nSPS) is 32.9. The number of fused-ring (bicyclic) bond motifs is 5. The molecule has 3 saturated carbocycles. The van der Waals surface area contributed by atoms with Crippen LogP contribution in [0.2, 0.25) is 0 Å². The van der Waals surface area contributed by atoms with Crippen LogP contribution in [0.25, 0.3) is 0 Å². The minimum atomic E-state index is -1.42. The second-order valence-corrected chi connectivity index (χ2v) is 15.6. The second kappa shape index (κ2) is 16.4. The summed E-state index contributed by atoms with van der Waals surface area (Å²) in [5.74, 6) is 0.925. The van der Waals surface area contributed by atoms with Crippen LogP contribution in [0.3, 0.4) is 0 Å². The Morgan fingerprint density at radius 1 is 0.773 bits per heavy atom. The van der Waals surface area contributed by atoms with E-state index in [2.05, 4.69) is 20.8 Å². The van der Waals surface area contributed by atoms with Gasteiger partial charge in [0.15, 0.2) is 12.4 Å². The van der Waals surface area contributed by atoms with Crippen molar-refractivity contribution in [2.45, 2.75) is 180 Å². The molecule has 5 heteroatoms.